The van der Waals surface area contributed by atoms with Gasteiger partial charge in [-0.15, -0.1) is 0 Å². The molecule has 1 N–H and O–H groups in total. The molecule has 0 amide bonds. The predicted octanol–water partition coefficient (Wildman–Crippen LogP) is 3.83. The van der Waals surface area contributed by atoms with Crippen LogP contribution in [0.3, 0.4) is 0 Å². The van der Waals surface area contributed by atoms with Gasteiger partial charge in [-0.25, -0.2) is 9.37 Å². The molecule has 0 atom stereocenters. The number of rotatable bonds is 3. The first kappa shape index (κ1) is 13.2. The second kappa shape index (κ2) is 5.19. The van der Waals surface area contributed by atoms with Gasteiger partial charge in [-0.1, -0.05) is 17.7 Å². The van der Waals surface area contributed by atoms with Crippen molar-refractivity contribution in [2.24, 2.45) is 0 Å². The summed E-state index contributed by atoms with van der Waals surface area (Å²) >= 11 is 5.68. The monoisotopic (exact) mass is 281 g/mol. The molecule has 0 saturated carbocycles. The Morgan fingerprint density at radius 3 is 2.74 bits per heavy atom. The Kier molecular flexibility index (Phi) is 3.62. The Morgan fingerprint density at radius 2 is 2.11 bits per heavy atom. The van der Waals surface area contributed by atoms with Crippen LogP contribution in [0.5, 0.6) is 0 Å². The zero-order chi connectivity index (χ0) is 14.0. The summed E-state index contributed by atoms with van der Waals surface area (Å²) in [5, 5.41) is 13.3. The summed E-state index contributed by atoms with van der Waals surface area (Å²) in [5.74, 6) is -0.355. The summed E-state index contributed by atoms with van der Waals surface area (Å²) < 4.78 is 13.6. The highest BCUT2D eigenvalue weighted by molar-refractivity contribution is 6.29. The number of benzene rings is 1. The molecule has 1 heterocycles. The molecule has 1 aromatic heterocycles. The SMILES string of the molecule is Cc1ccc(Nc2cc([N+](=O)[O-])cc(Cl)n2)c(F)c1. The van der Waals surface area contributed by atoms with Crippen LogP contribution in [-0.4, -0.2) is 9.91 Å². The number of pyridine rings is 1. The minimum Gasteiger partial charge on any atom is -0.338 e. The first-order valence-electron chi connectivity index (χ1n) is 5.31. The smallest absolute Gasteiger partial charge is 0.276 e. The molecule has 2 aromatic rings. The van der Waals surface area contributed by atoms with E-state index in [-0.39, 0.29) is 22.3 Å². The third kappa shape index (κ3) is 3.17. The summed E-state index contributed by atoms with van der Waals surface area (Å²) in [7, 11) is 0. The van der Waals surface area contributed by atoms with Crippen LogP contribution in [0.15, 0.2) is 30.3 Å². The Morgan fingerprint density at radius 1 is 1.37 bits per heavy atom. The van der Waals surface area contributed by atoms with E-state index in [4.69, 9.17) is 11.6 Å². The van der Waals surface area contributed by atoms with Crippen LogP contribution >= 0.6 is 11.6 Å². The van der Waals surface area contributed by atoms with Gasteiger partial charge >= 0.3 is 0 Å². The number of hydrogen-bond acceptors (Lipinski definition) is 4. The van der Waals surface area contributed by atoms with Crippen LogP contribution < -0.4 is 5.32 Å². The lowest BCUT2D eigenvalue weighted by molar-refractivity contribution is -0.384. The van der Waals surface area contributed by atoms with Gasteiger partial charge in [-0.2, -0.15) is 0 Å². The molecule has 1 aromatic carbocycles. The highest BCUT2D eigenvalue weighted by Gasteiger charge is 2.11. The quantitative estimate of drug-likeness (QED) is 0.527. The van der Waals surface area contributed by atoms with Crippen molar-refractivity contribution in [2.45, 2.75) is 6.92 Å². The van der Waals surface area contributed by atoms with Crippen molar-refractivity contribution in [2.75, 3.05) is 5.32 Å². The molecule has 0 unspecified atom stereocenters. The van der Waals surface area contributed by atoms with Gasteiger partial charge in [0.05, 0.1) is 22.7 Å². The fourth-order valence-corrected chi connectivity index (χ4v) is 1.72. The van der Waals surface area contributed by atoms with Gasteiger partial charge in [-0.05, 0) is 24.6 Å². The van der Waals surface area contributed by atoms with Crippen LogP contribution in [0.4, 0.5) is 21.6 Å². The van der Waals surface area contributed by atoms with Crippen molar-refractivity contribution in [3.8, 4) is 0 Å². The number of hydrogen-bond donors (Lipinski definition) is 1. The highest BCUT2D eigenvalue weighted by atomic mass is 35.5. The van der Waals surface area contributed by atoms with Crippen molar-refractivity contribution in [1.82, 2.24) is 4.98 Å². The zero-order valence-electron chi connectivity index (χ0n) is 9.85. The van der Waals surface area contributed by atoms with E-state index < -0.39 is 10.7 Å². The minimum absolute atomic E-state index is 0.0378. The molecule has 0 aliphatic carbocycles. The minimum atomic E-state index is -0.593. The zero-order valence-corrected chi connectivity index (χ0v) is 10.6. The van der Waals surface area contributed by atoms with E-state index in [9.17, 15) is 14.5 Å². The summed E-state index contributed by atoms with van der Waals surface area (Å²) in [5.41, 5.74) is 0.734. The Balaban J connectivity index is 2.35. The summed E-state index contributed by atoms with van der Waals surface area (Å²) in [4.78, 5) is 14.0. The molecule has 7 heteroatoms. The van der Waals surface area contributed by atoms with Gasteiger partial charge in [0.1, 0.15) is 16.8 Å². The van der Waals surface area contributed by atoms with Crippen LogP contribution in [-0.2, 0) is 0 Å². The Bertz CT molecular complexity index is 649. The lowest BCUT2D eigenvalue weighted by Gasteiger charge is -2.07. The van der Waals surface area contributed by atoms with E-state index in [0.717, 1.165) is 11.6 Å². The summed E-state index contributed by atoms with van der Waals surface area (Å²) in [6.45, 7) is 1.76. The molecule has 0 saturated heterocycles. The molecule has 0 spiro atoms. The molecule has 0 bridgehead atoms. The van der Waals surface area contributed by atoms with Crippen LogP contribution in [0.1, 0.15) is 5.56 Å². The van der Waals surface area contributed by atoms with Gasteiger partial charge in [0.25, 0.3) is 5.69 Å². The molecule has 0 fully saturated rings. The first-order chi connectivity index (χ1) is 8.95. The molecule has 2 rings (SSSR count). The largest absolute Gasteiger partial charge is 0.338 e. The van der Waals surface area contributed by atoms with Crippen LogP contribution in [0, 0.1) is 22.9 Å². The van der Waals surface area contributed by atoms with Gasteiger partial charge in [0.15, 0.2) is 0 Å². The molecule has 0 aliphatic heterocycles. The Labute approximate surface area is 113 Å². The standard InChI is InChI=1S/C12H9ClFN3O2/c1-7-2-3-10(9(14)4-7)15-12-6-8(17(18)19)5-11(13)16-12/h2-6H,1H3,(H,15,16). The fraction of sp³-hybridized carbons (Fsp3) is 0.0833. The van der Waals surface area contributed by atoms with E-state index in [1.807, 2.05) is 0 Å². The van der Waals surface area contributed by atoms with Gasteiger partial charge in [-0.3, -0.25) is 10.1 Å². The number of halogens is 2. The number of nitrogens with one attached hydrogen (secondary N) is 1. The van der Waals surface area contributed by atoms with E-state index >= 15 is 0 Å². The summed E-state index contributed by atoms with van der Waals surface area (Å²) in [6, 6.07) is 6.90. The second-order valence-corrected chi connectivity index (χ2v) is 4.29. The average molecular weight is 282 g/mol. The third-order valence-corrected chi connectivity index (χ3v) is 2.57. The fourth-order valence-electron chi connectivity index (χ4n) is 1.51. The third-order valence-electron chi connectivity index (χ3n) is 2.38. The number of nitrogens with zero attached hydrogens (tertiary/aromatic N) is 2. The maximum Gasteiger partial charge on any atom is 0.276 e. The normalized spacial score (nSPS) is 10.3. The predicted molar refractivity (Wildman–Crippen MR) is 70.3 cm³/mol. The van der Waals surface area contributed by atoms with Crippen LogP contribution in [0.2, 0.25) is 5.15 Å². The summed E-state index contributed by atoms with van der Waals surface area (Å²) in [6.07, 6.45) is 0. The number of anilines is 2. The second-order valence-electron chi connectivity index (χ2n) is 3.90. The number of aromatic nitrogens is 1. The molecule has 0 radical (unpaired) electrons. The van der Waals surface area contributed by atoms with Crippen molar-refractivity contribution in [1.29, 1.82) is 0 Å². The maximum atomic E-state index is 13.6. The first-order valence-corrected chi connectivity index (χ1v) is 5.68. The van der Waals surface area contributed by atoms with Crippen molar-refractivity contribution >= 4 is 28.8 Å². The van der Waals surface area contributed by atoms with Crippen molar-refractivity contribution in [3.63, 3.8) is 0 Å². The molecule has 98 valence electrons. The van der Waals surface area contributed by atoms with Gasteiger partial charge < -0.3 is 5.32 Å². The molecular formula is C12H9ClFN3O2. The van der Waals surface area contributed by atoms with Gasteiger partial charge in [0, 0.05) is 0 Å². The average Bonchev–Trinajstić information content (AvgIpc) is 2.32. The number of nitro groups is 1. The topological polar surface area (TPSA) is 68.1 Å². The molecule has 5 nitrogen and oxygen atoms in total. The van der Waals surface area contributed by atoms with Crippen molar-refractivity contribution in [3.05, 3.63) is 57.0 Å². The van der Waals surface area contributed by atoms with E-state index in [1.54, 1.807) is 13.0 Å². The molecule has 19 heavy (non-hydrogen) atoms. The number of aryl methyl sites for hydroxylation is 1. The lowest BCUT2D eigenvalue weighted by atomic mass is 10.2. The lowest BCUT2D eigenvalue weighted by Crippen LogP contribution is -1.98. The molecular weight excluding hydrogens is 273 g/mol. The van der Waals surface area contributed by atoms with E-state index in [2.05, 4.69) is 10.3 Å². The van der Waals surface area contributed by atoms with Crippen LogP contribution in [0.25, 0.3) is 0 Å². The van der Waals surface area contributed by atoms with E-state index in [1.165, 1.54) is 18.2 Å². The van der Waals surface area contributed by atoms with E-state index in [0.29, 0.717) is 0 Å². The highest BCUT2D eigenvalue weighted by Crippen LogP contribution is 2.25. The van der Waals surface area contributed by atoms with Gasteiger partial charge in [0.2, 0.25) is 0 Å². The van der Waals surface area contributed by atoms with Crippen molar-refractivity contribution < 1.29 is 9.31 Å². The Hall–Kier alpha value is -2.21. The maximum absolute atomic E-state index is 13.6. The molecule has 0 aliphatic rings.